The van der Waals surface area contributed by atoms with Crippen LogP contribution in [0.1, 0.15) is 21.5 Å². The Hall–Kier alpha value is -1.48. The van der Waals surface area contributed by atoms with Crippen LogP contribution in [0.15, 0.2) is 35.8 Å². The van der Waals surface area contributed by atoms with Gasteiger partial charge in [0.2, 0.25) is 0 Å². The van der Waals surface area contributed by atoms with Crippen LogP contribution >= 0.6 is 11.5 Å². The van der Waals surface area contributed by atoms with Gasteiger partial charge in [0.1, 0.15) is 0 Å². The molecule has 15 heavy (non-hydrogen) atoms. The first-order chi connectivity index (χ1) is 7.25. The maximum atomic E-state index is 11.8. The molecule has 0 radical (unpaired) electrons. The predicted octanol–water partition coefficient (Wildman–Crippen LogP) is 2.88. The van der Waals surface area contributed by atoms with Gasteiger partial charge in [-0.2, -0.15) is 0 Å². The van der Waals surface area contributed by atoms with E-state index in [0.29, 0.717) is 12.0 Å². The Morgan fingerprint density at radius 3 is 3.00 bits per heavy atom. The largest absolute Gasteiger partial charge is 0.294 e. The van der Waals surface area contributed by atoms with Crippen molar-refractivity contribution in [1.29, 1.82) is 0 Å². The van der Waals surface area contributed by atoms with Gasteiger partial charge in [-0.05, 0) is 24.0 Å². The molecule has 0 aliphatic rings. The molecule has 76 valence electrons. The van der Waals surface area contributed by atoms with Gasteiger partial charge < -0.3 is 0 Å². The van der Waals surface area contributed by atoms with Crippen LogP contribution in [0.2, 0.25) is 0 Å². The Labute approximate surface area is 92.7 Å². The summed E-state index contributed by atoms with van der Waals surface area (Å²) in [6.07, 6.45) is 2.09. The number of aromatic nitrogens is 1. The van der Waals surface area contributed by atoms with Crippen molar-refractivity contribution >= 4 is 17.3 Å². The minimum absolute atomic E-state index is 0.134. The Morgan fingerprint density at radius 1 is 1.47 bits per heavy atom. The van der Waals surface area contributed by atoms with E-state index in [2.05, 4.69) is 4.37 Å². The summed E-state index contributed by atoms with van der Waals surface area (Å²) < 4.78 is 3.92. The van der Waals surface area contributed by atoms with E-state index in [0.717, 1.165) is 5.56 Å². The molecule has 0 saturated carbocycles. The molecule has 0 saturated heterocycles. The van der Waals surface area contributed by atoms with Crippen molar-refractivity contribution in [1.82, 2.24) is 4.37 Å². The number of rotatable bonds is 3. The van der Waals surface area contributed by atoms with Crippen molar-refractivity contribution in [3.63, 3.8) is 0 Å². The van der Waals surface area contributed by atoms with Gasteiger partial charge in [-0.15, -0.1) is 0 Å². The third kappa shape index (κ3) is 2.50. The van der Waals surface area contributed by atoms with Crippen molar-refractivity contribution < 1.29 is 4.79 Å². The zero-order chi connectivity index (χ0) is 10.7. The van der Waals surface area contributed by atoms with Crippen LogP contribution in [0.25, 0.3) is 0 Å². The van der Waals surface area contributed by atoms with Gasteiger partial charge in [0.15, 0.2) is 5.78 Å². The molecular formula is C12H11NOS. The predicted molar refractivity (Wildman–Crippen MR) is 61.3 cm³/mol. The molecule has 0 bridgehead atoms. The van der Waals surface area contributed by atoms with E-state index < -0.39 is 0 Å². The fourth-order valence-electron chi connectivity index (χ4n) is 1.45. The number of Topliss-reactive ketones (excluding diaryl/α,β-unsaturated/α-hetero) is 1. The van der Waals surface area contributed by atoms with Gasteiger partial charge in [0.25, 0.3) is 0 Å². The van der Waals surface area contributed by atoms with Crippen LogP contribution in [0.3, 0.4) is 0 Å². The minimum Gasteiger partial charge on any atom is -0.294 e. The molecule has 0 amide bonds. The summed E-state index contributed by atoms with van der Waals surface area (Å²) >= 11 is 1.31. The molecule has 1 aromatic heterocycles. The molecule has 3 heteroatoms. The number of aryl methyl sites for hydroxylation is 1. The van der Waals surface area contributed by atoms with Crippen LogP contribution in [-0.4, -0.2) is 10.2 Å². The lowest BCUT2D eigenvalue weighted by molar-refractivity contribution is 0.0993. The summed E-state index contributed by atoms with van der Waals surface area (Å²) in [5.74, 6) is 0.134. The Morgan fingerprint density at radius 2 is 2.33 bits per heavy atom. The SMILES string of the molecule is Cc1cccc(CC(=O)c2cnsc2)c1. The second kappa shape index (κ2) is 4.36. The summed E-state index contributed by atoms with van der Waals surface area (Å²) in [5.41, 5.74) is 2.96. The van der Waals surface area contributed by atoms with E-state index in [1.54, 1.807) is 11.6 Å². The van der Waals surface area contributed by atoms with Crippen molar-refractivity contribution in [3.05, 3.63) is 52.5 Å². The van der Waals surface area contributed by atoms with E-state index in [1.807, 2.05) is 31.2 Å². The lowest BCUT2D eigenvalue weighted by atomic mass is 10.0. The summed E-state index contributed by atoms with van der Waals surface area (Å²) in [6, 6.07) is 8.02. The van der Waals surface area contributed by atoms with E-state index in [4.69, 9.17) is 0 Å². The van der Waals surface area contributed by atoms with E-state index >= 15 is 0 Å². The first-order valence-electron chi connectivity index (χ1n) is 4.74. The molecule has 0 unspecified atom stereocenters. The van der Waals surface area contributed by atoms with E-state index in [9.17, 15) is 4.79 Å². The summed E-state index contributed by atoms with van der Waals surface area (Å²) in [4.78, 5) is 11.8. The van der Waals surface area contributed by atoms with E-state index in [-0.39, 0.29) is 5.78 Å². The summed E-state index contributed by atoms with van der Waals surface area (Å²) in [6.45, 7) is 2.03. The lowest BCUT2D eigenvalue weighted by Crippen LogP contribution is -2.01. The topological polar surface area (TPSA) is 30.0 Å². The third-order valence-corrected chi connectivity index (χ3v) is 2.79. The number of nitrogens with zero attached hydrogens (tertiary/aromatic N) is 1. The Bertz CT molecular complexity index is 462. The number of carbonyl (C=O) groups is 1. The van der Waals surface area contributed by atoms with Gasteiger partial charge >= 0.3 is 0 Å². The molecule has 0 aliphatic carbocycles. The molecule has 0 fully saturated rings. The Kier molecular flexibility index (Phi) is 2.92. The van der Waals surface area contributed by atoms with Crippen LogP contribution in [0.4, 0.5) is 0 Å². The standard InChI is InChI=1S/C12H11NOS/c1-9-3-2-4-10(5-9)6-12(14)11-7-13-15-8-11/h2-5,7-8H,6H2,1H3. The number of hydrogen-bond donors (Lipinski definition) is 0. The monoisotopic (exact) mass is 217 g/mol. The maximum absolute atomic E-state index is 11.8. The molecule has 2 rings (SSSR count). The van der Waals surface area contributed by atoms with Gasteiger partial charge in [0, 0.05) is 17.4 Å². The maximum Gasteiger partial charge on any atom is 0.169 e. The number of ketones is 1. The molecule has 0 N–H and O–H groups in total. The highest BCUT2D eigenvalue weighted by Crippen LogP contribution is 2.10. The number of carbonyl (C=O) groups excluding carboxylic acids is 1. The number of benzene rings is 1. The third-order valence-electron chi connectivity index (χ3n) is 2.20. The fourth-order valence-corrected chi connectivity index (χ4v) is 1.99. The quantitative estimate of drug-likeness (QED) is 0.740. The van der Waals surface area contributed by atoms with Crippen LogP contribution in [0.5, 0.6) is 0 Å². The highest BCUT2D eigenvalue weighted by molar-refractivity contribution is 7.03. The number of hydrogen-bond acceptors (Lipinski definition) is 3. The molecule has 0 atom stereocenters. The molecule has 0 aliphatic heterocycles. The molecule has 2 nitrogen and oxygen atoms in total. The van der Waals surface area contributed by atoms with Gasteiger partial charge in [0.05, 0.1) is 6.20 Å². The first kappa shape index (κ1) is 10.1. The van der Waals surface area contributed by atoms with Gasteiger partial charge in [-0.1, -0.05) is 29.8 Å². The fraction of sp³-hybridized carbons (Fsp3) is 0.167. The average Bonchev–Trinajstić information content (AvgIpc) is 2.70. The van der Waals surface area contributed by atoms with Crippen molar-refractivity contribution in [2.24, 2.45) is 0 Å². The highest BCUT2D eigenvalue weighted by atomic mass is 32.1. The summed E-state index contributed by atoms with van der Waals surface area (Å²) in [5, 5.41) is 1.79. The van der Waals surface area contributed by atoms with Crippen molar-refractivity contribution in [2.45, 2.75) is 13.3 Å². The molecule has 2 aromatic rings. The van der Waals surface area contributed by atoms with E-state index in [1.165, 1.54) is 17.1 Å². The molecule has 1 heterocycles. The van der Waals surface area contributed by atoms with Gasteiger partial charge in [-0.3, -0.25) is 4.79 Å². The van der Waals surface area contributed by atoms with Crippen LogP contribution in [0, 0.1) is 6.92 Å². The highest BCUT2D eigenvalue weighted by Gasteiger charge is 2.07. The Balaban J connectivity index is 2.13. The normalized spacial score (nSPS) is 10.2. The smallest absolute Gasteiger partial charge is 0.169 e. The molecular weight excluding hydrogens is 206 g/mol. The lowest BCUT2D eigenvalue weighted by Gasteiger charge is -2.00. The average molecular weight is 217 g/mol. The molecule has 1 aromatic carbocycles. The van der Waals surface area contributed by atoms with Crippen molar-refractivity contribution in [2.75, 3.05) is 0 Å². The van der Waals surface area contributed by atoms with Gasteiger partial charge in [-0.25, -0.2) is 4.37 Å². The first-order valence-corrected chi connectivity index (χ1v) is 5.57. The zero-order valence-electron chi connectivity index (χ0n) is 8.43. The van der Waals surface area contributed by atoms with Crippen LogP contribution < -0.4 is 0 Å². The second-order valence-electron chi connectivity index (χ2n) is 3.50. The minimum atomic E-state index is 0.134. The summed E-state index contributed by atoms with van der Waals surface area (Å²) in [7, 11) is 0. The van der Waals surface area contributed by atoms with Crippen molar-refractivity contribution in [3.8, 4) is 0 Å². The second-order valence-corrected chi connectivity index (χ2v) is 4.16. The zero-order valence-corrected chi connectivity index (χ0v) is 9.25. The molecule has 0 spiro atoms. The van der Waals surface area contributed by atoms with Crippen LogP contribution in [-0.2, 0) is 6.42 Å².